The Kier molecular flexibility index (Phi) is 7.44. The van der Waals surface area contributed by atoms with Crippen LogP contribution in [0.5, 0.6) is 0 Å². The number of fused-ring (bicyclic) bond motifs is 1. The van der Waals surface area contributed by atoms with E-state index in [1.165, 1.54) is 5.69 Å². The van der Waals surface area contributed by atoms with E-state index in [1.54, 1.807) is 4.90 Å². The normalized spacial score (nSPS) is 15.5. The second-order valence-corrected chi connectivity index (χ2v) is 10.00. The van der Waals surface area contributed by atoms with Crippen LogP contribution in [0.25, 0.3) is 0 Å². The van der Waals surface area contributed by atoms with E-state index in [1.807, 2.05) is 30.3 Å². The molecule has 1 aromatic heterocycles. The second kappa shape index (κ2) is 11.1. The Morgan fingerprint density at radius 3 is 2.24 bits per heavy atom. The summed E-state index contributed by atoms with van der Waals surface area (Å²) in [4.78, 5) is 31.6. The number of hydrogen-bond acceptors (Lipinski definition) is 7. The Balaban J connectivity index is 1.32. The molecule has 3 aromatic rings. The molecule has 0 N–H and O–H groups in total. The van der Waals surface area contributed by atoms with Crippen LogP contribution in [-0.2, 0) is 24.3 Å². The Morgan fingerprint density at radius 2 is 1.57 bits per heavy atom. The van der Waals surface area contributed by atoms with Gasteiger partial charge in [0.15, 0.2) is 0 Å². The van der Waals surface area contributed by atoms with Gasteiger partial charge in [0.25, 0.3) is 0 Å². The molecule has 0 saturated carbocycles. The van der Waals surface area contributed by atoms with Crippen LogP contribution >= 0.6 is 0 Å². The lowest BCUT2D eigenvalue weighted by Crippen LogP contribution is -2.47. The molecule has 2 aliphatic rings. The molecule has 8 heteroatoms. The highest BCUT2D eigenvalue weighted by Crippen LogP contribution is 2.30. The first-order chi connectivity index (χ1) is 18.0. The molecule has 0 unspecified atom stereocenters. The summed E-state index contributed by atoms with van der Waals surface area (Å²) in [6.45, 7) is 9.23. The van der Waals surface area contributed by atoms with Crippen molar-refractivity contribution in [2.24, 2.45) is 0 Å². The number of nitrogens with zero attached hydrogens (tertiary/aromatic N) is 6. The zero-order valence-electron chi connectivity index (χ0n) is 22.0. The number of carbonyl (C=O) groups is 1. The highest BCUT2D eigenvalue weighted by Gasteiger charge is 2.30. The van der Waals surface area contributed by atoms with Gasteiger partial charge in [0.05, 0.1) is 12.2 Å². The zero-order valence-corrected chi connectivity index (χ0v) is 22.0. The van der Waals surface area contributed by atoms with Gasteiger partial charge >= 0.3 is 6.09 Å². The molecule has 0 atom stereocenters. The molecule has 1 amide bonds. The monoisotopic (exact) mass is 500 g/mol. The van der Waals surface area contributed by atoms with Crippen LogP contribution in [0.15, 0.2) is 60.7 Å². The van der Waals surface area contributed by atoms with Crippen molar-refractivity contribution in [2.45, 2.75) is 39.5 Å². The SMILES string of the molecule is CC(C)N(C)c1nc(N2CCN(c3ccccc3)CC2)nc2c1CN(C(=O)OCc1ccccc1)CC2. The number of rotatable bonds is 6. The fraction of sp³-hybridized carbons (Fsp3) is 0.414. The van der Waals surface area contributed by atoms with Gasteiger partial charge < -0.3 is 24.3 Å². The number of amides is 1. The maximum absolute atomic E-state index is 12.9. The van der Waals surface area contributed by atoms with Crippen molar-refractivity contribution in [1.29, 1.82) is 0 Å². The van der Waals surface area contributed by atoms with Crippen LogP contribution in [-0.4, -0.2) is 66.8 Å². The molecule has 0 spiro atoms. The average Bonchev–Trinajstić information content (AvgIpc) is 2.95. The van der Waals surface area contributed by atoms with Gasteiger partial charge in [0.2, 0.25) is 5.95 Å². The van der Waals surface area contributed by atoms with Crippen LogP contribution in [0.4, 0.5) is 22.2 Å². The van der Waals surface area contributed by atoms with Crippen LogP contribution in [0, 0.1) is 0 Å². The fourth-order valence-electron chi connectivity index (χ4n) is 4.83. The first-order valence-electron chi connectivity index (χ1n) is 13.1. The van der Waals surface area contributed by atoms with E-state index >= 15 is 0 Å². The molecule has 0 aliphatic carbocycles. The van der Waals surface area contributed by atoms with Crippen molar-refractivity contribution in [3.05, 3.63) is 77.5 Å². The lowest BCUT2D eigenvalue weighted by atomic mass is 10.1. The van der Waals surface area contributed by atoms with Crippen LogP contribution in [0.2, 0.25) is 0 Å². The third-order valence-electron chi connectivity index (χ3n) is 7.28. The molecular formula is C29H36N6O2. The van der Waals surface area contributed by atoms with Gasteiger partial charge in [-0.15, -0.1) is 0 Å². The minimum Gasteiger partial charge on any atom is -0.445 e. The van der Waals surface area contributed by atoms with Gasteiger partial charge in [-0.3, -0.25) is 0 Å². The zero-order chi connectivity index (χ0) is 25.8. The number of anilines is 3. The molecule has 5 rings (SSSR count). The predicted octanol–water partition coefficient (Wildman–Crippen LogP) is 4.34. The van der Waals surface area contributed by atoms with Gasteiger partial charge in [0, 0.05) is 63.5 Å². The number of hydrogen-bond donors (Lipinski definition) is 0. The summed E-state index contributed by atoms with van der Waals surface area (Å²) in [5, 5.41) is 0. The Labute approximate surface area is 219 Å². The third kappa shape index (κ3) is 5.63. The number of piperazine rings is 1. The molecule has 1 saturated heterocycles. The highest BCUT2D eigenvalue weighted by molar-refractivity contribution is 5.69. The molecule has 1 fully saturated rings. The minimum atomic E-state index is -0.297. The Bertz CT molecular complexity index is 1200. The van der Waals surface area contributed by atoms with Gasteiger partial charge in [0.1, 0.15) is 12.4 Å². The average molecular weight is 501 g/mol. The summed E-state index contributed by atoms with van der Waals surface area (Å²) in [5.74, 6) is 1.69. The number of benzene rings is 2. The predicted molar refractivity (Wildman–Crippen MR) is 147 cm³/mol. The Morgan fingerprint density at radius 1 is 0.919 bits per heavy atom. The summed E-state index contributed by atoms with van der Waals surface area (Å²) < 4.78 is 5.62. The molecule has 0 bridgehead atoms. The van der Waals surface area contributed by atoms with Crippen LogP contribution in [0.1, 0.15) is 30.7 Å². The number of para-hydroxylation sites is 1. The van der Waals surface area contributed by atoms with Crippen LogP contribution in [0.3, 0.4) is 0 Å². The molecule has 8 nitrogen and oxygen atoms in total. The van der Waals surface area contributed by atoms with E-state index in [0.29, 0.717) is 19.5 Å². The van der Waals surface area contributed by atoms with E-state index < -0.39 is 0 Å². The summed E-state index contributed by atoms with van der Waals surface area (Å²) in [6, 6.07) is 20.6. The van der Waals surface area contributed by atoms with Gasteiger partial charge in [-0.25, -0.2) is 9.78 Å². The third-order valence-corrected chi connectivity index (χ3v) is 7.28. The van der Waals surface area contributed by atoms with Gasteiger partial charge in [-0.05, 0) is 31.5 Å². The van der Waals surface area contributed by atoms with E-state index in [2.05, 4.69) is 65.9 Å². The first-order valence-corrected chi connectivity index (χ1v) is 13.1. The van der Waals surface area contributed by atoms with Gasteiger partial charge in [-0.1, -0.05) is 48.5 Å². The fourth-order valence-corrected chi connectivity index (χ4v) is 4.83. The Hall–Kier alpha value is -3.81. The van der Waals surface area contributed by atoms with Crippen molar-refractivity contribution in [2.75, 3.05) is 54.5 Å². The molecule has 3 heterocycles. The second-order valence-electron chi connectivity index (χ2n) is 10.00. The van der Waals surface area contributed by atoms with E-state index in [0.717, 1.165) is 54.8 Å². The topological polar surface area (TPSA) is 65.0 Å². The molecule has 0 radical (unpaired) electrons. The molecule has 37 heavy (non-hydrogen) atoms. The summed E-state index contributed by atoms with van der Waals surface area (Å²) in [5.41, 5.74) is 4.29. The van der Waals surface area contributed by atoms with E-state index in [-0.39, 0.29) is 18.7 Å². The summed E-state index contributed by atoms with van der Waals surface area (Å²) in [7, 11) is 2.07. The minimum absolute atomic E-state index is 0.266. The number of ether oxygens (including phenoxy) is 1. The van der Waals surface area contributed by atoms with Crippen LogP contribution < -0.4 is 14.7 Å². The van der Waals surface area contributed by atoms with Crippen molar-refractivity contribution in [1.82, 2.24) is 14.9 Å². The van der Waals surface area contributed by atoms with E-state index in [4.69, 9.17) is 14.7 Å². The van der Waals surface area contributed by atoms with Crippen molar-refractivity contribution < 1.29 is 9.53 Å². The smallest absolute Gasteiger partial charge is 0.410 e. The molecular weight excluding hydrogens is 464 g/mol. The standard InChI is InChI=1S/C29H36N6O2/c1-22(2)32(3)27-25-20-35(29(36)37-21-23-10-6-4-7-11-23)15-14-26(25)30-28(31-27)34-18-16-33(17-19-34)24-12-8-5-9-13-24/h4-13,22H,14-21H2,1-3H3. The van der Waals surface area contributed by atoms with Crippen molar-refractivity contribution in [3.63, 3.8) is 0 Å². The van der Waals surface area contributed by atoms with Crippen molar-refractivity contribution >= 4 is 23.5 Å². The maximum Gasteiger partial charge on any atom is 0.410 e. The summed E-state index contributed by atoms with van der Waals surface area (Å²) in [6.07, 6.45) is 0.391. The van der Waals surface area contributed by atoms with Crippen molar-refractivity contribution in [3.8, 4) is 0 Å². The number of aromatic nitrogens is 2. The van der Waals surface area contributed by atoms with Gasteiger partial charge in [-0.2, -0.15) is 4.98 Å². The number of carbonyl (C=O) groups excluding carboxylic acids is 1. The highest BCUT2D eigenvalue weighted by atomic mass is 16.6. The quantitative estimate of drug-likeness (QED) is 0.499. The molecule has 194 valence electrons. The lowest BCUT2D eigenvalue weighted by Gasteiger charge is -2.38. The molecule has 2 aromatic carbocycles. The lowest BCUT2D eigenvalue weighted by molar-refractivity contribution is 0.0916. The molecule has 2 aliphatic heterocycles. The van der Waals surface area contributed by atoms with E-state index in [9.17, 15) is 4.79 Å². The maximum atomic E-state index is 12.9. The first kappa shape index (κ1) is 24.9. The summed E-state index contributed by atoms with van der Waals surface area (Å²) >= 11 is 0. The largest absolute Gasteiger partial charge is 0.445 e.